The van der Waals surface area contributed by atoms with Crippen LogP contribution in [0.5, 0.6) is 5.75 Å². The van der Waals surface area contributed by atoms with Crippen molar-refractivity contribution in [3.63, 3.8) is 0 Å². The third kappa shape index (κ3) is 6.93. The van der Waals surface area contributed by atoms with Gasteiger partial charge in [0.2, 0.25) is 5.91 Å². The van der Waals surface area contributed by atoms with Gasteiger partial charge in [-0.15, -0.1) is 0 Å². The van der Waals surface area contributed by atoms with E-state index in [4.69, 9.17) is 4.74 Å². The van der Waals surface area contributed by atoms with Crippen LogP contribution in [0.3, 0.4) is 0 Å². The average molecular weight is 397 g/mol. The maximum absolute atomic E-state index is 13.1. The highest BCUT2D eigenvalue weighted by molar-refractivity contribution is 5.88. The van der Waals surface area contributed by atoms with Gasteiger partial charge < -0.3 is 15.0 Å². The van der Waals surface area contributed by atoms with E-state index < -0.39 is 6.04 Å². The van der Waals surface area contributed by atoms with E-state index in [2.05, 4.69) is 5.32 Å². The summed E-state index contributed by atoms with van der Waals surface area (Å²) < 4.78 is 5.77. The molecule has 0 spiro atoms. The molecular formula is C24H32N2O3. The number of nitrogens with one attached hydrogen (secondary N) is 1. The lowest BCUT2D eigenvalue weighted by molar-refractivity contribution is -0.143. The lowest BCUT2D eigenvalue weighted by Crippen LogP contribution is -2.54. The first-order valence-electron chi connectivity index (χ1n) is 10.0. The first-order valence-corrected chi connectivity index (χ1v) is 10.0. The number of benzene rings is 2. The van der Waals surface area contributed by atoms with Gasteiger partial charge in [0.05, 0.1) is 0 Å². The van der Waals surface area contributed by atoms with Gasteiger partial charge in [0.15, 0.2) is 6.61 Å². The molecule has 0 radical (unpaired) electrons. The van der Waals surface area contributed by atoms with Crippen LogP contribution < -0.4 is 10.1 Å². The summed E-state index contributed by atoms with van der Waals surface area (Å²) in [5.74, 6) is 0.306. The van der Waals surface area contributed by atoms with Gasteiger partial charge in [0.25, 0.3) is 5.91 Å². The Bertz CT molecular complexity index is 812. The Labute approximate surface area is 174 Å². The molecule has 0 aliphatic heterocycles. The van der Waals surface area contributed by atoms with E-state index in [0.717, 1.165) is 11.1 Å². The third-order valence-electron chi connectivity index (χ3n) is 4.52. The van der Waals surface area contributed by atoms with Crippen molar-refractivity contribution in [1.82, 2.24) is 10.2 Å². The number of hydrogen-bond acceptors (Lipinski definition) is 3. The van der Waals surface area contributed by atoms with Crippen molar-refractivity contribution >= 4 is 11.8 Å². The SMILES string of the molecule is CC[C@@H](C(=O)NC(C)(C)C)N(Cc1ccccc1)C(=O)COc1ccccc1C. The molecule has 5 heteroatoms. The molecule has 0 unspecified atom stereocenters. The van der Waals surface area contributed by atoms with Gasteiger partial charge in [0.1, 0.15) is 11.8 Å². The Hall–Kier alpha value is -2.82. The van der Waals surface area contributed by atoms with Crippen molar-refractivity contribution in [2.75, 3.05) is 6.61 Å². The zero-order chi connectivity index (χ0) is 21.4. The van der Waals surface area contributed by atoms with Crippen LogP contribution in [0.4, 0.5) is 0 Å². The second kappa shape index (κ2) is 10.1. The van der Waals surface area contributed by atoms with Crippen molar-refractivity contribution in [2.45, 2.75) is 59.2 Å². The molecule has 2 aromatic rings. The van der Waals surface area contributed by atoms with Crippen LogP contribution >= 0.6 is 0 Å². The lowest BCUT2D eigenvalue weighted by Gasteiger charge is -2.33. The molecule has 29 heavy (non-hydrogen) atoms. The highest BCUT2D eigenvalue weighted by Crippen LogP contribution is 2.18. The Morgan fingerprint density at radius 3 is 2.24 bits per heavy atom. The molecule has 2 rings (SSSR count). The van der Waals surface area contributed by atoms with Crippen LogP contribution in [0.15, 0.2) is 54.6 Å². The van der Waals surface area contributed by atoms with Gasteiger partial charge in [-0.3, -0.25) is 9.59 Å². The minimum Gasteiger partial charge on any atom is -0.484 e. The van der Waals surface area contributed by atoms with Crippen molar-refractivity contribution in [3.8, 4) is 5.75 Å². The first kappa shape index (κ1) is 22.5. The minimum atomic E-state index is -0.567. The van der Waals surface area contributed by atoms with E-state index in [1.54, 1.807) is 4.90 Å². The van der Waals surface area contributed by atoms with E-state index >= 15 is 0 Å². The van der Waals surface area contributed by atoms with Gasteiger partial charge in [-0.2, -0.15) is 0 Å². The van der Waals surface area contributed by atoms with Gasteiger partial charge in [0, 0.05) is 12.1 Å². The van der Waals surface area contributed by atoms with Crippen molar-refractivity contribution in [3.05, 3.63) is 65.7 Å². The number of rotatable bonds is 8. The second-order valence-corrected chi connectivity index (χ2v) is 8.22. The summed E-state index contributed by atoms with van der Waals surface area (Å²) in [5.41, 5.74) is 1.56. The van der Waals surface area contributed by atoms with E-state index in [-0.39, 0.29) is 24.0 Å². The highest BCUT2D eigenvalue weighted by Gasteiger charge is 2.30. The van der Waals surface area contributed by atoms with Crippen LogP contribution in [0.25, 0.3) is 0 Å². The van der Waals surface area contributed by atoms with Gasteiger partial charge in [-0.05, 0) is 51.3 Å². The summed E-state index contributed by atoms with van der Waals surface area (Å²) in [6.45, 7) is 9.89. The zero-order valence-corrected chi connectivity index (χ0v) is 18.1. The maximum Gasteiger partial charge on any atom is 0.261 e. The van der Waals surface area contributed by atoms with Crippen LogP contribution in [0.2, 0.25) is 0 Å². The fourth-order valence-electron chi connectivity index (χ4n) is 3.09. The molecule has 2 aromatic carbocycles. The number of carbonyl (C=O) groups excluding carboxylic acids is 2. The largest absolute Gasteiger partial charge is 0.484 e. The van der Waals surface area contributed by atoms with E-state index in [0.29, 0.717) is 18.7 Å². The van der Waals surface area contributed by atoms with E-state index in [1.807, 2.05) is 89.2 Å². The quantitative estimate of drug-likeness (QED) is 0.731. The summed E-state index contributed by atoms with van der Waals surface area (Å²) in [7, 11) is 0. The molecule has 5 nitrogen and oxygen atoms in total. The fourth-order valence-corrected chi connectivity index (χ4v) is 3.09. The van der Waals surface area contributed by atoms with Gasteiger partial charge in [-0.25, -0.2) is 0 Å². The Balaban J connectivity index is 2.21. The molecule has 0 saturated carbocycles. The molecule has 0 heterocycles. The molecule has 0 aromatic heterocycles. The van der Waals surface area contributed by atoms with Crippen LogP contribution in [0.1, 0.15) is 45.2 Å². The molecule has 1 N–H and O–H groups in total. The minimum absolute atomic E-state index is 0.114. The molecule has 0 aliphatic rings. The topological polar surface area (TPSA) is 58.6 Å². The molecule has 0 aliphatic carbocycles. The van der Waals surface area contributed by atoms with Crippen molar-refractivity contribution < 1.29 is 14.3 Å². The first-order chi connectivity index (χ1) is 13.7. The molecule has 156 valence electrons. The summed E-state index contributed by atoms with van der Waals surface area (Å²) in [4.78, 5) is 27.7. The predicted molar refractivity (Wildman–Crippen MR) is 116 cm³/mol. The number of nitrogens with zero attached hydrogens (tertiary/aromatic N) is 1. The smallest absolute Gasteiger partial charge is 0.261 e. The summed E-state index contributed by atoms with van der Waals surface area (Å²) in [6, 6.07) is 16.7. The summed E-state index contributed by atoms with van der Waals surface area (Å²) in [5, 5.41) is 3.00. The Morgan fingerprint density at radius 2 is 1.66 bits per heavy atom. The molecular weight excluding hydrogens is 364 g/mol. The predicted octanol–water partition coefficient (Wildman–Crippen LogP) is 4.10. The van der Waals surface area contributed by atoms with E-state index in [9.17, 15) is 9.59 Å². The van der Waals surface area contributed by atoms with Crippen molar-refractivity contribution in [1.29, 1.82) is 0 Å². The summed E-state index contributed by atoms with van der Waals surface area (Å²) >= 11 is 0. The lowest BCUT2D eigenvalue weighted by atomic mass is 10.1. The normalized spacial score (nSPS) is 12.2. The number of hydrogen-bond donors (Lipinski definition) is 1. The standard InChI is InChI=1S/C24H32N2O3/c1-6-20(23(28)25-24(3,4)5)26(16-19-13-8-7-9-14-19)22(27)17-29-21-15-11-10-12-18(21)2/h7-15,20H,6,16-17H2,1-5H3,(H,25,28)/t20-/m0/s1. The number of aryl methyl sites for hydroxylation is 1. The zero-order valence-electron chi connectivity index (χ0n) is 18.1. The molecule has 1 atom stereocenters. The Morgan fingerprint density at radius 1 is 1.03 bits per heavy atom. The maximum atomic E-state index is 13.1. The second-order valence-electron chi connectivity index (χ2n) is 8.22. The van der Waals surface area contributed by atoms with E-state index in [1.165, 1.54) is 0 Å². The molecule has 0 bridgehead atoms. The number of amides is 2. The highest BCUT2D eigenvalue weighted by atomic mass is 16.5. The third-order valence-corrected chi connectivity index (χ3v) is 4.52. The Kier molecular flexibility index (Phi) is 7.82. The van der Waals surface area contributed by atoms with Crippen LogP contribution in [0, 0.1) is 6.92 Å². The number of ether oxygens (including phenoxy) is 1. The van der Waals surface area contributed by atoms with Crippen LogP contribution in [-0.4, -0.2) is 34.9 Å². The monoisotopic (exact) mass is 396 g/mol. The fraction of sp³-hybridized carbons (Fsp3) is 0.417. The number of para-hydroxylation sites is 1. The average Bonchev–Trinajstić information content (AvgIpc) is 2.66. The van der Waals surface area contributed by atoms with Crippen LogP contribution in [-0.2, 0) is 16.1 Å². The molecule has 2 amide bonds. The van der Waals surface area contributed by atoms with Crippen molar-refractivity contribution in [2.24, 2.45) is 0 Å². The molecule has 0 fully saturated rings. The van der Waals surface area contributed by atoms with Gasteiger partial charge >= 0.3 is 0 Å². The molecule has 0 saturated heterocycles. The number of carbonyl (C=O) groups is 2. The summed E-state index contributed by atoms with van der Waals surface area (Å²) in [6.07, 6.45) is 0.519. The van der Waals surface area contributed by atoms with Gasteiger partial charge in [-0.1, -0.05) is 55.5 Å².